The zero-order chi connectivity index (χ0) is 12.7. The van der Waals surface area contributed by atoms with Crippen molar-refractivity contribution in [2.75, 3.05) is 0 Å². The molecule has 1 atom stereocenters. The second kappa shape index (κ2) is 7.24. The van der Waals surface area contributed by atoms with Crippen molar-refractivity contribution in [1.29, 1.82) is 0 Å². The molecule has 1 aromatic rings. The van der Waals surface area contributed by atoms with Crippen molar-refractivity contribution < 1.29 is 4.43 Å². The molecule has 0 spiro atoms. The van der Waals surface area contributed by atoms with E-state index in [1.54, 1.807) is 0 Å². The van der Waals surface area contributed by atoms with Crippen molar-refractivity contribution in [2.24, 2.45) is 0 Å². The highest BCUT2D eigenvalue weighted by molar-refractivity contribution is 7.99. The molecule has 0 saturated heterocycles. The standard InChI is InChI=1S/C14H24OSSi/c1-5-6-12-14(15-17(2,3)4)16-13-10-8-7-9-11-13/h7-11,14H,5-6,12H2,1-4H3. The Bertz CT molecular complexity index is 308. The average Bonchev–Trinajstić information content (AvgIpc) is 2.25. The Kier molecular flexibility index (Phi) is 6.31. The molecular weight excluding hydrogens is 244 g/mol. The van der Waals surface area contributed by atoms with Crippen molar-refractivity contribution >= 4 is 20.1 Å². The molecule has 0 bridgehead atoms. The number of benzene rings is 1. The molecule has 0 N–H and O–H groups in total. The second-order valence-corrected chi connectivity index (χ2v) is 10.9. The Labute approximate surface area is 111 Å². The maximum absolute atomic E-state index is 6.25. The lowest BCUT2D eigenvalue weighted by molar-refractivity contribution is 0.266. The number of rotatable bonds is 7. The summed E-state index contributed by atoms with van der Waals surface area (Å²) in [5, 5.41) is 0. The largest absolute Gasteiger partial charge is 0.406 e. The summed E-state index contributed by atoms with van der Waals surface area (Å²) in [5.74, 6) is 0. The summed E-state index contributed by atoms with van der Waals surface area (Å²) >= 11 is 1.87. The smallest absolute Gasteiger partial charge is 0.185 e. The Morgan fingerprint density at radius 2 is 1.82 bits per heavy atom. The predicted molar refractivity (Wildman–Crippen MR) is 80.0 cm³/mol. The molecule has 17 heavy (non-hydrogen) atoms. The van der Waals surface area contributed by atoms with E-state index in [4.69, 9.17) is 4.43 Å². The van der Waals surface area contributed by atoms with E-state index in [9.17, 15) is 0 Å². The summed E-state index contributed by atoms with van der Waals surface area (Å²) < 4.78 is 6.25. The fourth-order valence-corrected chi connectivity index (χ4v) is 4.43. The van der Waals surface area contributed by atoms with Crippen LogP contribution in [0.3, 0.4) is 0 Å². The molecule has 1 aromatic carbocycles. The monoisotopic (exact) mass is 268 g/mol. The third-order valence-corrected chi connectivity index (χ3v) is 4.59. The van der Waals surface area contributed by atoms with E-state index in [2.05, 4.69) is 56.9 Å². The van der Waals surface area contributed by atoms with Crippen molar-refractivity contribution in [1.82, 2.24) is 0 Å². The molecule has 0 aliphatic rings. The number of unbranched alkanes of at least 4 members (excludes halogenated alkanes) is 1. The third-order valence-electron chi connectivity index (χ3n) is 2.29. The number of thioether (sulfide) groups is 1. The molecule has 96 valence electrons. The van der Waals surface area contributed by atoms with E-state index in [0.717, 1.165) is 6.42 Å². The lowest BCUT2D eigenvalue weighted by atomic mass is 10.3. The molecule has 0 aromatic heterocycles. The average molecular weight is 268 g/mol. The van der Waals surface area contributed by atoms with E-state index in [1.807, 2.05) is 11.8 Å². The maximum Gasteiger partial charge on any atom is 0.185 e. The molecule has 0 aliphatic carbocycles. The van der Waals surface area contributed by atoms with Crippen LogP contribution in [0.15, 0.2) is 35.2 Å². The first-order valence-electron chi connectivity index (χ1n) is 6.41. The summed E-state index contributed by atoms with van der Waals surface area (Å²) in [6.07, 6.45) is 3.64. The van der Waals surface area contributed by atoms with Gasteiger partial charge in [-0.05, 0) is 38.2 Å². The predicted octanol–water partition coefficient (Wildman–Crippen LogP) is 5.15. The van der Waals surface area contributed by atoms with Gasteiger partial charge in [-0.1, -0.05) is 49.7 Å². The fourth-order valence-electron chi connectivity index (χ4n) is 1.56. The minimum atomic E-state index is -1.44. The first-order chi connectivity index (χ1) is 8.01. The summed E-state index contributed by atoms with van der Waals surface area (Å²) in [6.45, 7) is 9.02. The fraction of sp³-hybridized carbons (Fsp3) is 0.571. The first kappa shape index (κ1) is 14.8. The Hall–Kier alpha value is -0.253. The minimum Gasteiger partial charge on any atom is -0.406 e. The Morgan fingerprint density at radius 3 is 2.35 bits per heavy atom. The second-order valence-electron chi connectivity index (χ2n) is 5.23. The van der Waals surface area contributed by atoms with Crippen molar-refractivity contribution in [3.63, 3.8) is 0 Å². The van der Waals surface area contributed by atoms with Crippen LogP contribution in [0.5, 0.6) is 0 Å². The maximum atomic E-state index is 6.25. The van der Waals surface area contributed by atoms with E-state index >= 15 is 0 Å². The molecule has 1 unspecified atom stereocenters. The van der Waals surface area contributed by atoms with Crippen LogP contribution in [0, 0.1) is 0 Å². The van der Waals surface area contributed by atoms with Crippen LogP contribution in [0.4, 0.5) is 0 Å². The molecule has 0 saturated carbocycles. The number of hydrogen-bond donors (Lipinski definition) is 0. The molecular formula is C14H24OSSi. The topological polar surface area (TPSA) is 9.23 Å². The van der Waals surface area contributed by atoms with E-state index in [-0.39, 0.29) is 0 Å². The molecule has 1 nitrogen and oxygen atoms in total. The zero-order valence-corrected chi connectivity index (χ0v) is 13.2. The van der Waals surface area contributed by atoms with Gasteiger partial charge >= 0.3 is 0 Å². The minimum absolute atomic E-state index is 0.323. The van der Waals surface area contributed by atoms with Crippen LogP contribution in [0.2, 0.25) is 19.6 Å². The highest BCUT2D eigenvalue weighted by atomic mass is 32.2. The molecule has 0 fully saturated rings. The Morgan fingerprint density at radius 1 is 1.18 bits per heavy atom. The summed E-state index contributed by atoms with van der Waals surface area (Å²) in [5.41, 5.74) is 0.323. The van der Waals surface area contributed by atoms with Gasteiger partial charge in [0, 0.05) is 4.90 Å². The van der Waals surface area contributed by atoms with Gasteiger partial charge in [-0.25, -0.2) is 0 Å². The van der Waals surface area contributed by atoms with E-state index in [1.165, 1.54) is 17.7 Å². The van der Waals surface area contributed by atoms with Gasteiger partial charge in [0.15, 0.2) is 8.32 Å². The highest BCUT2D eigenvalue weighted by Gasteiger charge is 2.21. The van der Waals surface area contributed by atoms with Crippen molar-refractivity contribution in [3.05, 3.63) is 30.3 Å². The highest BCUT2D eigenvalue weighted by Crippen LogP contribution is 2.29. The quantitative estimate of drug-likeness (QED) is 0.384. The Balaban J connectivity index is 2.57. The van der Waals surface area contributed by atoms with Gasteiger partial charge in [-0.2, -0.15) is 0 Å². The van der Waals surface area contributed by atoms with Crippen LogP contribution < -0.4 is 0 Å². The number of hydrogen-bond acceptors (Lipinski definition) is 2. The molecule has 0 amide bonds. The van der Waals surface area contributed by atoms with Gasteiger partial charge < -0.3 is 4.43 Å². The molecule has 0 heterocycles. The lowest BCUT2D eigenvalue weighted by Crippen LogP contribution is -2.30. The SMILES string of the molecule is CCCCC(O[Si](C)(C)C)Sc1ccccc1. The zero-order valence-electron chi connectivity index (χ0n) is 11.4. The lowest BCUT2D eigenvalue weighted by Gasteiger charge is -2.26. The van der Waals surface area contributed by atoms with Gasteiger partial charge in [-0.3, -0.25) is 0 Å². The molecule has 0 aliphatic heterocycles. The molecule has 0 radical (unpaired) electrons. The normalized spacial score (nSPS) is 13.6. The summed E-state index contributed by atoms with van der Waals surface area (Å²) in [7, 11) is -1.44. The van der Waals surface area contributed by atoms with E-state index < -0.39 is 8.32 Å². The molecule has 1 rings (SSSR count). The van der Waals surface area contributed by atoms with Crippen LogP contribution in [-0.4, -0.2) is 13.8 Å². The van der Waals surface area contributed by atoms with Crippen LogP contribution >= 0.6 is 11.8 Å². The summed E-state index contributed by atoms with van der Waals surface area (Å²) in [6, 6.07) is 10.6. The van der Waals surface area contributed by atoms with Crippen LogP contribution in [0.25, 0.3) is 0 Å². The van der Waals surface area contributed by atoms with Crippen molar-refractivity contribution in [2.45, 2.75) is 56.2 Å². The van der Waals surface area contributed by atoms with Gasteiger partial charge in [0.2, 0.25) is 0 Å². The van der Waals surface area contributed by atoms with Gasteiger partial charge in [0.05, 0.1) is 5.44 Å². The molecule has 3 heteroatoms. The van der Waals surface area contributed by atoms with Gasteiger partial charge in [-0.15, -0.1) is 0 Å². The van der Waals surface area contributed by atoms with Gasteiger partial charge in [0.25, 0.3) is 0 Å². The third kappa shape index (κ3) is 6.91. The first-order valence-corrected chi connectivity index (χ1v) is 10.7. The van der Waals surface area contributed by atoms with Crippen LogP contribution in [0.1, 0.15) is 26.2 Å². The van der Waals surface area contributed by atoms with Gasteiger partial charge in [0.1, 0.15) is 0 Å². The van der Waals surface area contributed by atoms with Crippen molar-refractivity contribution in [3.8, 4) is 0 Å². The van der Waals surface area contributed by atoms with E-state index in [0.29, 0.717) is 5.44 Å². The van der Waals surface area contributed by atoms with Crippen LogP contribution in [-0.2, 0) is 4.43 Å². The summed E-state index contributed by atoms with van der Waals surface area (Å²) in [4.78, 5) is 1.31.